The van der Waals surface area contributed by atoms with Crippen LogP contribution in [0.4, 0.5) is 22.0 Å². The van der Waals surface area contributed by atoms with Gasteiger partial charge in [-0.2, -0.15) is 13.2 Å². The van der Waals surface area contributed by atoms with Crippen LogP contribution in [0.5, 0.6) is 0 Å². The number of halogens is 5. The topological polar surface area (TPSA) is 12.9 Å². The van der Waals surface area contributed by atoms with Crippen molar-refractivity contribution in [3.05, 3.63) is 77.5 Å². The standard InChI is InChI=1S/C20H11F5N.Ir/c1-19(20(23,24)25)15-8-11(17-4-2-3-7-26-17)5-6-13(15)14-9-12(21)10-16(22)18(14)19;/h2-4,6-10H,1H3;/q-1;. The minimum atomic E-state index is -4.77. The average Bonchev–Trinajstić information content (AvgIpc) is 2.85. The van der Waals surface area contributed by atoms with Crippen molar-refractivity contribution in [2.24, 2.45) is 0 Å². The maximum Gasteiger partial charge on any atom is 0.400 e. The summed E-state index contributed by atoms with van der Waals surface area (Å²) in [4.78, 5) is 4.12. The van der Waals surface area contributed by atoms with Gasteiger partial charge in [-0.05, 0) is 30.3 Å². The van der Waals surface area contributed by atoms with Gasteiger partial charge in [-0.1, -0.05) is 17.7 Å². The molecule has 0 saturated heterocycles. The molecule has 1 atom stereocenters. The predicted molar refractivity (Wildman–Crippen MR) is 86.4 cm³/mol. The van der Waals surface area contributed by atoms with Crippen LogP contribution < -0.4 is 0 Å². The van der Waals surface area contributed by atoms with Crippen LogP contribution in [0.1, 0.15) is 18.1 Å². The number of alkyl halides is 3. The van der Waals surface area contributed by atoms with E-state index in [1.807, 2.05) is 0 Å². The molecule has 1 nitrogen and oxygen atoms in total. The van der Waals surface area contributed by atoms with Gasteiger partial charge in [-0.25, -0.2) is 8.78 Å². The molecule has 0 aliphatic heterocycles. The van der Waals surface area contributed by atoms with E-state index < -0.39 is 28.8 Å². The van der Waals surface area contributed by atoms with Crippen LogP contribution in [0, 0.1) is 17.7 Å². The van der Waals surface area contributed by atoms with Gasteiger partial charge in [0, 0.05) is 37.9 Å². The van der Waals surface area contributed by atoms with Gasteiger partial charge >= 0.3 is 6.18 Å². The number of aromatic nitrogens is 1. The average molecular weight is 553 g/mol. The minimum Gasteiger partial charge on any atom is -0.305 e. The largest absolute Gasteiger partial charge is 0.400 e. The smallest absolute Gasteiger partial charge is 0.305 e. The molecule has 0 bridgehead atoms. The second-order valence-corrected chi connectivity index (χ2v) is 6.32. The Morgan fingerprint density at radius 2 is 1.78 bits per heavy atom. The first-order valence-electron chi connectivity index (χ1n) is 7.77. The summed E-state index contributed by atoms with van der Waals surface area (Å²) in [6.45, 7) is 0.918. The van der Waals surface area contributed by atoms with Crippen molar-refractivity contribution in [1.82, 2.24) is 4.98 Å². The molecular formula is C20H11F5IrN-. The Labute approximate surface area is 165 Å². The summed E-state index contributed by atoms with van der Waals surface area (Å²) in [5, 5.41) is 0. The molecule has 1 heterocycles. The van der Waals surface area contributed by atoms with E-state index in [2.05, 4.69) is 11.1 Å². The van der Waals surface area contributed by atoms with Crippen LogP contribution in [-0.2, 0) is 25.5 Å². The number of pyridine rings is 1. The molecule has 1 unspecified atom stereocenters. The molecule has 4 rings (SSSR count). The second kappa shape index (κ2) is 6.50. The van der Waals surface area contributed by atoms with Crippen LogP contribution >= 0.6 is 0 Å². The molecule has 0 fully saturated rings. The van der Waals surface area contributed by atoms with Crippen molar-refractivity contribution < 1.29 is 42.1 Å². The molecule has 1 aliphatic rings. The molecular weight excluding hydrogens is 541 g/mol. The van der Waals surface area contributed by atoms with Crippen LogP contribution in [0.2, 0.25) is 0 Å². The van der Waals surface area contributed by atoms with Crippen LogP contribution in [-0.4, -0.2) is 11.2 Å². The van der Waals surface area contributed by atoms with Crippen LogP contribution in [0.25, 0.3) is 22.4 Å². The van der Waals surface area contributed by atoms with E-state index in [1.165, 1.54) is 18.3 Å². The SMILES string of the molecule is CC1(C(F)(F)F)c2cc(-c3ccccn3)[c-]cc2-c2cc(F)cc(F)c21.[Ir]. The fraction of sp³-hybridized carbons (Fsp3) is 0.150. The molecule has 1 aromatic heterocycles. The van der Waals surface area contributed by atoms with E-state index in [-0.39, 0.29) is 36.8 Å². The molecule has 0 saturated carbocycles. The van der Waals surface area contributed by atoms with E-state index in [0.717, 1.165) is 13.0 Å². The van der Waals surface area contributed by atoms with Crippen molar-refractivity contribution in [1.29, 1.82) is 0 Å². The Hall–Kier alpha value is -2.11. The normalized spacial score (nSPS) is 17.9. The number of benzene rings is 2. The van der Waals surface area contributed by atoms with Gasteiger partial charge in [0.25, 0.3) is 0 Å². The molecule has 3 aromatic rings. The molecule has 1 aliphatic carbocycles. The number of hydrogen-bond donors (Lipinski definition) is 0. The first kappa shape index (κ1) is 19.6. The number of fused-ring (bicyclic) bond motifs is 3. The van der Waals surface area contributed by atoms with E-state index >= 15 is 0 Å². The second-order valence-electron chi connectivity index (χ2n) is 6.32. The fourth-order valence-electron chi connectivity index (χ4n) is 3.52. The number of nitrogens with zero attached hydrogens (tertiary/aromatic N) is 1. The molecule has 2 aromatic carbocycles. The van der Waals surface area contributed by atoms with Crippen LogP contribution in [0.3, 0.4) is 0 Å². The monoisotopic (exact) mass is 553 g/mol. The summed E-state index contributed by atoms with van der Waals surface area (Å²) >= 11 is 0. The van der Waals surface area contributed by atoms with Gasteiger partial charge < -0.3 is 4.98 Å². The molecule has 1 radical (unpaired) electrons. The molecule has 141 valence electrons. The van der Waals surface area contributed by atoms with E-state index in [1.54, 1.807) is 18.2 Å². The van der Waals surface area contributed by atoms with Crippen molar-refractivity contribution in [2.75, 3.05) is 0 Å². The third kappa shape index (κ3) is 2.80. The van der Waals surface area contributed by atoms with Crippen molar-refractivity contribution >= 4 is 0 Å². The quantitative estimate of drug-likeness (QED) is 0.280. The Balaban J connectivity index is 0.00000210. The summed E-state index contributed by atoms with van der Waals surface area (Å²) in [7, 11) is 0. The van der Waals surface area contributed by atoms with E-state index in [4.69, 9.17) is 0 Å². The summed E-state index contributed by atoms with van der Waals surface area (Å²) in [5.74, 6) is -2.14. The maximum atomic E-state index is 14.4. The summed E-state index contributed by atoms with van der Waals surface area (Å²) in [5.41, 5.74) is -2.46. The molecule has 27 heavy (non-hydrogen) atoms. The first-order chi connectivity index (χ1) is 12.2. The van der Waals surface area contributed by atoms with Gasteiger partial charge in [-0.15, -0.1) is 29.3 Å². The maximum absolute atomic E-state index is 14.4. The zero-order valence-electron chi connectivity index (χ0n) is 13.8. The van der Waals surface area contributed by atoms with Gasteiger partial charge in [0.05, 0.1) is 5.41 Å². The molecule has 0 N–H and O–H groups in total. The summed E-state index contributed by atoms with van der Waals surface area (Å²) in [6, 6.07) is 12.0. The van der Waals surface area contributed by atoms with E-state index in [0.29, 0.717) is 17.3 Å². The zero-order chi connectivity index (χ0) is 18.7. The zero-order valence-corrected chi connectivity index (χ0v) is 16.2. The van der Waals surface area contributed by atoms with Gasteiger partial charge in [0.1, 0.15) is 11.6 Å². The summed E-state index contributed by atoms with van der Waals surface area (Å²) < 4.78 is 70.2. The third-order valence-electron chi connectivity index (χ3n) is 4.84. The van der Waals surface area contributed by atoms with Gasteiger partial charge in [0.2, 0.25) is 0 Å². The van der Waals surface area contributed by atoms with Gasteiger partial charge in [-0.3, -0.25) is 0 Å². The third-order valence-corrected chi connectivity index (χ3v) is 4.84. The predicted octanol–water partition coefficient (Wildman–Crippen LogP) is 5.67. The molecule has 0 amide bonds. The Bertz CT molecular complexity index is 1020. The van der Waals surface area contributed by atoms with Crippen molar-refractivity contribution in [3.63, 3.8) is 0 Å². The van der Waals surface area contributed by atoms with Crippen molar-refractivity contribution in [2.45, 2.75) is 18.5 Å². The van der Waals surface area contributed by atoms with Gasteiger partial charge in [0.15, 0.2) is 0 Å². The molecule has 7 heteroatoms. The summed E-state index contributed by atoms with van der Waals surface area (Å²) in [6.07, 6.45) is -3.25. The fourth-order valence-corrected chi connectivity index (χ4v) is 3.52. The Morgan fingerprint density at radius 1 is 1.04 bits per heavy atom. The van der Waals surface area contributed by atoms with Crippen molar-refractivity contribution in [3.8, 4) is 22.4 Å². The van der Waals surface area contributed by atoms with E-state index in [9.17, 15) is 22.0 Å². The Kier molecular flexibility index (Phi) is 4.73. The number of rotatable bonds is 1. The van der Waals surface area contributed by atoms with Crippen LogP contribution in [0.15, 0.2) is 48.7 Å². The first-order valence-corrected chi connectivity index (χ1v) is 7.77. The minimum absolute atomic E-state index is 0. The molecule has 0 spiro atoms. The Morgan fingerprint density at radius 3 is 2.41 bits per heavy atom. The number of hydrogen-bond acceptors (Lipinski definition) is 1.